The first-order valence-electron chi connectivity index (χ1n) is 9.46. The van der Waals surface area contributed by atoms with Gasteiger partial charge in [0.25, 0.3) is 0 Å². The number of H-pyrrole nitrogens is 1. The Labute approximate surface area is 174 Å². The molecule has 6 heteroatoms. The molecule has 1 unspecified atom stereocenters. The van der Waals surface area contributed by atoms with Gasteiger partial charge in [0, 0.05) is 17.1 Å². The van der Waals surface area contributed by atoms with Crippen molar-refractivity contribution in [2.45, 2.75) is 26.1 Å². The number of alkyl halides is 3. The minimum atomic E-state index is -4.50. The van der Waals surface area contributed by atoms with Gasteiger partial charge < -0.3 is 15.6 Å². The highest BCUT2D eigenvalue weighted by Crippen LogP contribution is 2.35. The van der Waals surface area contributed by atoms with Gasteiger partial charge in [-0.1, -0.05) is 61.2 Å². The Bertz CT molecular complexity index is 1090. The van der Waals surface area contributed by atoms with Crippen LogP contribution >= 0.6 is 0 Å². The lowest BCUT2D eigenvalue weighted by Crippen LogP contribution is -2.34. The topological polar surface area (TPSA) is 39.8 Å². The van der Waals surface area contributed by atoms with E-state index in [1.54, 1.807) is 25.3 Å². The lowest BCUT2D eigenvalue weighted by molar-refractivity contribution is -0.155. The van der Waals surface area contributed by atoms with Crippen LogP contribution in [0, 0.1) is 6.92 Å². The third kappa shape index (κ3) is 4.59. The second kappa shape index (κ2) is 8.53. The Hall–Kier alpha value is -3.41. The van der Waals surface area contributed by atoms with Gasteiger partial charge in [-0.15, -0.1) is 0 Å². The van der Waals surface area contributed by atoms with Crippen molar-refractivity contribution in [3.05, 3.63) is 102 Å². The number of rotatable bonds is 7. The Morgan fingerprint density at radius 3 is 2.37 bits per heavy atom. The average Bonchev–Trinajstić information content (AvgIpc) is 3.10. The van der Waals surface area contributed by atoms with Gasteiger partial charge in [-0.25, -0.2) is 0 Å². The lowest BCUT2D eigenvalue weighted by Gasteiger charge is -2.26. The van der Waals surface area contributed by atoms with Crippen LogP contribution < -0.4 is 10.6 Å². The summed E-state index contributed by atoms with van der Waals surface area (Å²) in [6, 6.07) is 12.1. The van der Waals surface area contributed by atoms with Gasteiger partial charge in [-0.2, -0.15) is 13.2 Å². The molecule has 0 fully saturated rings. The first-order chi connectivity index (χ1) is 14.2. The average molecular weight is 411 g/mol. The third-order valence-electron chi connectivity index (χ3n) is 4.79. The number of hydrogen-bond donors (Lipinski definition) is 3. The number of para-hydroxylation sites is 1. The summed E-state index contributed by atoms with van der Waals surface area (Å²) in [7, 11) is 0. The minimum absolute atomic E-state index is 0.126. The molecule has 1 aromatic heterocycles. The van der Waals surface area contributed by atoms with Gasteiger partial charge >= 0.3 is 6.18 Å². The van der Waals surface area contributed by atoms with Crippen LogP contribution in [0.2, 0.25) is 0 Å². The molecule has 3 aromatic rings. The van der Waals surface area contributed by atoms with E-state index >= 15 is 0 Å². The predicted octanol–water partition coefficient (Wildman–Crippen LogP) is 6.76. The third-order valence-corrected chi connectivity index (χ3v) is 4.79. The van der Waals surface area contributed by atoms with Gasteiger partial charge in [-0.05, 0) is 37.1 Å². The van der Waals surface area contributed by atoms with Gasteiger partial charge in [0.15, 0.2) is 0 Å². The molecule has 30 heavy (non-hydrogen) atoms. The fourth-order valence-electron chi connectivity index (χ4n) is 3.22. The zero-order valence-corrected chi connectivity index (χ0v) is 16.9. The number of aromatic amines is 1. The highest BCUT2D eigenvalue weighted by molar-refractivity contribution is 5.93. The molecule has 0 aliphatic heterocycles. The first-order valence-corrected chi connectivity index (χ1v) is 9.46. The molecule has 3 N–H and O–H groups in total. The summed E-state index contributed by atoms with van der Waals surface area (Å²) < 4.78 is 41.7. The molecule has 0 bridgehead atoms. The maximum Gasteiger partial charge on any atom is 0.412 e. The van der Waals surface area contributed by atoms with E-state index in [-0.39, 0.29) is 11.3 Å². The Kier molecular flexibility index (Phi) is 6.06. The zero-order chi connectivity index (χ0) is 21.9. The molecule has 1 atom stereocenters. The minimum Gasteiger partial charge on any atom is -0.369 e. The van der Waals surface area contributed by atoms with Gasteiger partial charge in [-0.3, -0.25) is 0 Å². The first kappa shape index (κ1) is 21.3. The van der Waals surface area contributed by atoms with E-state index in [1.165, 1.54) is 18.2 Å². The smallest absolute Gasteiger partial charge is 0.369 e. The molecule has 0 saturated heterocycles. The van der Waals surface area contributed by atoms with E-state index in [0.29, 0.717) is 11.3 Å². The quantitative estimate of drug-likeness (QED) is 0.376. The van der Waals surface area contributed by atoms with Crippen LogP contribution in [0.4, 0.5) is 18.9 Å². The highest BCUT2D eigenvalue weighted by atomic mass is 19.4. The molecule has 0 saturated carbocycles. The zero-order valence-electron chi connectivity index (χ0n) is 16.9. The molecular weight excluding hydrogens is 387 g/mol. The van der Waals surface area contributed by atoms with E-state index in [4.69, 9.17) is 0 Å². The van der Waals surface area contributed by atoms with Crippen LogP contribution in [0.15, 0.2) is 90.9 Å². The molecule has 1 heterocycles. The van der Waals surface area contributed by atoms with Crippen molar-refractivity contribution < 1.29 is 13.2 Å². The van der Waals surface area contributed by atoms with Crippen LogP contribution in [-0.4, -0.2) is 11.2 Å². The largest absolute Gasteiger partial charge is 0.412 e. The SMILES string of the molecule is C=C/C(NC(c1ccc(C)cc1)C(F)(F)F)=C(/Nc1c[nH]c2ccccc12)C(=C)C. The van der Waals surface area contributed by atoms with E-state index in [0.717, 1.165) is 22.2 Å². The Morgan fingerprint density at radius 1 is 1.10 bits per heavy atom. The summed E-state index contributed by atoms with van der Waals surface area (Å²) in [6.45, 7) is 11.2. The molecule has 0 aliphatic rings. The molecule has 3 nitrogen and oxygen atoms in total. The number of benzene rings is 2. The Morgan fingerprint density at radius 2 is 1.77 bits per heavy atom. The standard InChI is InChI=1S/C24H24F3N3/c1-5-19(30-23(24(25,26)27)17-12-10-16(4)11-13-17)22(15(2)3)29-21-14-28-20-9-7-6-8-18(20)21/h5-14,23,28-30H,1-2H2,3-4H3/b22-19-. The van der Waals surface area contributed by atoms with E-state index < -0.39 is 12.2 Å². The van der Waals surface area contributed by atoms with Gasteiger partial charge in [0.05, 0.1) is 17.1 Å². The summed E-state index contributed by atoms with van der Waals surface area (Å²) in [5, 5.41) is 6.76. The van der Waals surface area contributed by atoms with E-state index in [9.17, 15) is 13.2 Å². The molecule has 0 spiro atoms. The lowest BCUT2D eigenvalue weighted by atomic mass is 10.0. The van der Waals surface area contributed by atoms with Gasteiger partial charge in [0.1, 0.15) is 6.04 Å². The van der Waals surface area contributed by atoms with Crippen molar-refractivity contribution in [3.63, 3.8) is 0 Å². The molecule has 0 amide bonds. The monoisotopic (exact) mass is 411 g/mol. The molecule has 156 valence electrons. The second-order valence-electron chi connectivity index (χ2n) is 7.18. The molecule has 3 rings (SSSR count). The van der Waals surface area contributed by atoms with E-state index in [2.05, 4.69) is 28.8 Å². The van der Waals surface area contributed by atoms with Crippen molar-refractivity contribution in [2.24, 2.45) is 0 Å². The number of anilines is 1. The van der Waals surface area contributed by atoms with E-state index in [1.807, 2.05) is 31.2 Å². The number of allylic oxidation sites excluding steroid dienone is 2. The number of aryl methyl sites for hydroxylation is 1. The predicted molar refractivity (Wildman–Crippen MR) is 117 cm³/mol. The summed E-state index contributed by atoms with van der Waals surface area (Å²) in [5.41, 5.74) is 3.91. The summed E-state index contributed by atoms with van der Waals surface area (Å²) in [4.78, 5) is 3.14. The number of hydrogen-bond acceptors (Lipinski definition) is 2. The molecular formula is C24H24F3N3. The van der Waals surface area contributed by atoms with Crippen LogP contribution in [0.1, 0.15) is 24.1 Å². The van der Waals surface area contributed by atoms with Crippen molar-refractivity contribution in [1.29, 1.82) is 0 Å². The maximum atomic E-state index is 13.9. The summed E-state index contributed by atoms with van der Waals surface area (Å²) in [5.74, 6) is 0. The Balaban J connectivity index is 2.02. The van der Waals surface area contributed by atoms with Crippen molar-refractivity contribution >= 4 is 16.6 Å². The van der Waals surface area contributed by atoms with Crippen LogP contribution in [0.5, 0.6) is 0 Å². The number of fused-ring (bicyclic) bond motifs is 1. The van der Waals surface area contributed by atoms with Gasteiger partial charge in [0.2, 0.25) is 0 Å². The van der Waals surface area contributed by atoms with Crippen LogP contribution in [0.3, 0.4) is 0 Å². The van der Waals surface area contributed by atoms with Crippen molar-refractivity contribution in [2.75, 3.05) is 5.32 Å². The second-order valence-corrected chi connectivity index (χ2v) is 7.18. The normalized spacial score (nSPS) is 13.5. The number of halogens is 3. The summed E-state index contributed by atoms with van der Waals surface area (Å²) >= 11 is 0. The van der Waals surface area contributed by atoms with Crippen molar-refractivity contribution in [1.82, 2.24) is 10.3 Å². The van der Waals surface area contributed by atoms with Crippen LogP contribution in [0.25, 0.3) is 10.9 Å². The maximum absolute atomic E-state index is 13.9. The highest BCUT2D eigenvalue weighted by Gasteiger charge is 2.41. The number of aromatic nitrogens is 1. The fraction of sp³-hybridized carbons (Fsp3) is 0.167. The van der Waals surface area contributed by atoms with Crippen LogP contribution in [-0.2, 0) is 0 Å². The fourth-order valence-corrected chi connectivity index (χ4v) is 3.22. The number of nitrogens with one attached hydrogen (secondary N) is 3. The molecule has 0 aliphatic carbocycles. The molecule has 0 radical (unpaired) electrons. The molecule has 2 aromatic carbocycles. The van der Waals surface area contributed by atoms with Crippen molar-refractivity contribution in [3.8, 4) is 0 Å². The summed E-state index contributed by atoms with van der Waals surface area (Å²) in [6.07, 6.45) is -1.35.